The maximum Gasteiger partial charge on any atom is 0.257 e. The number of hydrogen-bond acceptors (Lipinski definition) is 5. The Hall–Kier alpha value is -2.99. The Balaban J connectivity index is 2.03. The lowest BCUT2D eigenvalue weighted by atomic mass is 9.88. The number of fused-ring (bicyclic) bond motifs is 1. The van der Waals surface area contributed by atoms with Crippen molar-refractivity contribution in [3.05, 3.63) is 66.6 Å². The van der Waals surface area contributed by atoms with Crippen molar-refractivity contribution < 1.29 is 9.53 Å². The summed E-state index contributed by atoms with van der Waals surface area (Å²) in [5, 5.41) is 10.1. The second-order valence-corrected chi connectivity index (χ2v) is 11.5. The number of hydrogen-bond donors (Lipinski definition) is 3. The summed E-state index contributed by atoms with van der Waals surface area (Å²) in [6.07, 6.45) is 14.1. The van der Waals surface area contributed by atoms with E-state index in [1.54, 1.807) is 12.2 Å². The maximum absolute atomic E-state index is 13.9. The minimum atomic E-state index is -0.153. The summed E-state index contributed by atoms with van der Waals surface area (Å²) in [5.74, 6) is 1.62. The average molecular weight is 549 g/mol. The predicted octanol–water partition coefficient (Wildman–Crippen LogP) is 7.11. The Kier molecular flexibility index (Phi) is 11.9. The third-order valence-corrected chi connectivity index (χ3v) is 8.52. The highest BCUT2D eigenvalue weighted by atomic mass is 16.5. The molecule has 3 rings (SSSR count). The second kappa shape index (κ2) is 15.1. The van der Waals surface area contributed by atoms with Gasteiger partial charge in [-0.15, -0.1) is 0 Å². The van der Waals surface area contributed by atoms with E-state index in [4.69, 9.17) is 4.74 Å². The summed E-state index contributed by atoms with van der Waals surface area (Å²) in [4.78, 5) is 16.3. The molecule has 40 heavy (non-hydrogen) atoms. The third-order valence-electron chi connectivity index (χ3n) is 8.52. The Morgan fingerprint density at radius 3 is 2.52 bits per heavy atom. The number of piperidine rings is 1. The zero-order valence-electron chi connectivity index (χ0n) is 25.6. The molecule has 220 valence electrons. The van der Waals surface area contributed by atoms with Gasteiger partial charge in [0.2, 0.25) is 0 Å². The molecule has 0 aliphatic carbocycles. The monoisotopic (exact) mass is 548 g/mol. The molecule has 1 aromatic rings. The van der Waals surface area contributed by atoms with E-state index in [9.17, 15) is 4.79 Å². The van der Waals surface area contributed by atoms with Crippen LogP contribution in [0.2, 0.25) is 0 Å². The highest BCUT2D eigenvalue weighted by molar-refractivity contribution is 6.08. The van der Waals surface area contributed by atoms with E-state index >= 15 is 0 Å². The summed E-state index contributed by atoms with van der Waals surface area (Å²) in [5.41, 5.74) is 4.34. The van der Waals surface area contributed by atoms with Gasteiger partial charge in [-0.05, 0) is 69.2 Å². The van der Waals surface area contributed by atoms with Crippen LogP contribution in [0.25, 0.3) is 0 Å². The van der Waals surface area contributed by atoms with Crippen LogP contribution in [0.1, 0.15) is 78.7 Å². The molecule has 1 amide bonds. The molecule has 3 N–H and O–H groups in total. The van der Waals surface area contributed by atoms with Crippen LogP contribution in [0.5, 0.6) is 5.75 Å². The highest BCUT2D eigenvalue weighted by Crippen LogP contribution is 2.45. The zero-order chi connectivity index (χ0) is 29.1. The van der Waals surface area contributed by atoms with Crippen molar-refractivity contribution in [1.82, 2.24) is 10.6 Å². The molecule has 0 saturated carbocycles. The van der Waals surface area contributed by atoms with Crippen LogP contribution in [0.15, 0.2) is 61.0 Å². The van der Waals surface area contributed by atoms with E-state index in [-0.39, 0.29) is 17.4 Å². The summed E-state index contributed by atoms with van der Waals surface area (Å²) < 4.78 is 6.69. The predicted molar refractivity (Wildman–Crippen MR) is 170 cm³/mol. The Labute approximate surface area is 243 Å². The molecule has 0 radical (unpaired) electrons. The number of carbonyl (C=O) groups is 1. The van der Waals surface area contributed by atoms with Crippen LogP contribution < -0.4 is 25.6 Å². The first-order chi connectivity index (χ1) is 19.3. The number of nitrogens with one attached hydrogen (secondary N) is 3. The van der Waals surface area contributed by atoms with E-state index in [0.29, 0.717) is 11.5 Å². The van der Waals surface area contributed by atoms with Crippen LogP contribution in [0.4, 0.5) is 11.4 Å². The van der Waals surface area contributed by atoms with Gasteiger partial charge >= 0.3 is 0 Å². The molecule has 2 unspecified atom stereocenters. The highest BCUT2D eigenvalue weighted by Gasteiger charge is 2.41. The first-order valence-corrected chi connectivity index (χ1v) is 15.3. The molecule has 6 heteroatoms. The van der Waals surface area contributed by atoms with Crippen LogP contribution in [-0.2, 0) is 11.2 Å². The lowest BCUT2D eigenvalue weighted by Gasteiger charge is -2.33. The minimum absolute atomic E-state index is 0.142. The number of nitrogens with zero attached hydrogens (tertiary/aromatic N) is 1. The van der Waals surface area contributed by atoms with Gasteiger partial charge in [0.1, 0.15) is 11.4 Å². The van der Waals surface area contributed by atoms with Gasteiger partial charge in [0, 0.05) is 43.0 Å². The van der Waals surface area contributed by atoms with Crippen molar-refractivity contribution in [2.24, 2.45) is 11.8 Å². The van der Waals surface area contributed by atoms with Gasteiger partial charge in [-0.25, -0.2) is 0 Å². The fraction of sp³-hybridized carbons (Fsp3) is 0.559. The molecule has 2 aliphatic rings. The SMILES string of the molecule is C=C/C=C\N/C(=C(\C=C)C(=O)Nc1cc2c(cc1N(CCC)CCC(C)CC)OC1(CCNCC1)C2)C(C)CC. The van der Waals surface area contributed by atoms with Crippen molar-refractivity contribution in [2.45, 2.75) is 85.2 Å². The van der Waals surface area contributed by atoms with Crippen LogP contribution >= 0.6 is 0 Å². The summed E-state index contributed by atoms with van der Waals surface area (Å²) in [7, 11) is 0. The van der Waals surface area contributed by atoms with E-state index in [1.807, 2.05) is 12.3 Å². The maximum atomic E-state index is 13.9. The molecule has 1 spiro atoms. The fourth-order valence-electron chi connectivity index (χ4n) is 5.60. The largest absolute Gasteiger partial charge is 0.486 e. The van der Waals surface area contributed by atoms with Gasteiger partial charge in [-0.1, -0.05) is 66.3 Å². The van der Waals surface area contributed by atoms with Gasteiger partial charge in [-0.3, -0.25) is 4.79 Å². The number of carbonyl (C=O) groups excluding carboxylic acids is 1. The first kappa shape index (κ1) is 31.5. The quantitative estimate of drug-likeness (QED) is 0.161. The van der Waals surface area contributed by atoms with Gasteiger partial charge in [0.25, 0.3) is 5.91 Å². The molecule has 1 aromatic carbocycles. The second-order valence-electron chi connectivity index (χ2n) is 11.5. The Morgan fingerprint density at radius 1 is 1.15 bits per heavy atom. The third kappa shape index (κ3) is 7.81. The lowest BCUT2D eigenvalue weighted by Crippen LogP contribution is -2.45. The topological polar surface area (TPSA) is 65.6 Å². The first-order valence-electron chi connectivity index (χ1n) is 15.3. The van der Waals surface area contributed by atoms with E-state index in [0.717, 1.165) is 93.9 Å². The van der Waals surface area contributed by atoms with E-state index in [1.165, 1.54) is 5.56 Å². The average Bonchev–Trinajstić information content (AvgIpc) is 3.29. The molecule has 6 nitrogen and oxygen atoms in total. The number of allylic oxidation sites excluding steroid dienone is 3. The van der Waals surface area contributed by atoms with Gasteiger partial charge in [0.05, 0.1) is 16.9 Å². The Bertz CT molecular complexity index is 1080. The van der Waals surface area contributed by atoms with Crippen molar-refractivity contribution in [1.29, 1.82) is 0 Å². The standard InChI is InChI=1S/C34H52N4O2/c1-8-13-17-36-32(26(7)11-4)28(12-5)33(39)37-29-22-27-24-34(15-18-35-19-16-34)40-31(27)23-30(29)38(20-9-2)21-14-25(6)10-3/h8,12-13,17,22-23,25-26,35-36H,1,5,9-11,14-16,18-21,24H2,2-4,6-7H3,(H,37,39)/b17-13-,32-28+. The van der Waals surface area contributed by atoms with Crippen LogP contribution in [-0.4, -0.2) is 37.7 Å². The summed E-state index contributed by atoms with van der Waals surface area (Å²) in [6.45, 7) is 22.6. The molecule has 1 saturated heterocycles. The fourth-order valence-corrected chi connectivity index (χ4v) is 5.60. The lowest BCUT2D eigenvalue weighted by molar-refractivity contribution is -0.112. The molecule has 2 aliphatic heterocycles. The van der Waals surface area contributed by atoms with Gasteiger partial charge in [0.15, 0.2) is 0 Å². The van der Waals surface area contributed by atoms with Gasteiger partial charge in [-0.2, -0.15) is 0 Å². The van der Waals surface area contributed by atoms with Crippen LogP contribution in [0.3, 0.4) is 0 Å². The van der Waals surface area contributed by atoms with Crippen molar-refractivity contribution in [3.63, 3.8) is 0 Å². The molecular weight excluding hydrogens is 496 g/mol. The van der Waals surface area contributed by atoms with Crippen LogP contribution in [0, 0.1) is 11.8 Å². The van der Waals surface area contributed by atoms with E-state index in [2.05, 4.69) is 80.8 Å². The normalized spacial score (nSPS) is 17.9. The summed E-state index contributed by atoms with van der Waals surface area (Å²) >= 11 is 0. The summed E-state index contributed by atoms with van der Waals surface area (Å²) in [6, 6.07) is 4.35. The van der Waals surface area contributed by atoms with Crippen molar-refractivity contribution >= 4 is 17.3 Å². The molecule has 2 heterocycles. The number of amides is 1. The number of benzene rings is 1. The van der Waals surface area contributed by atoms with E-state index < -0.39 is 0 Å². The van der Waals surface area contributed by atoms with Gasteiger partial charge < -0.3 is 25.6 Å². The smallest absolute Gasteiger partial charge is 0.257 e. The number of rotatable bonds is 15. The van der Waals surface area contributed by atoms with Crippen molar-refractivity contribution in [3.8, 4) is 5.75 Å². The molecule has 0 aromatic heterocycles. The molecule has 2 atom stereocenters. The molecule has 0 bridgehead atoms. The molecule has 1 fully saturated rings. The Morgan fingerprint density at radius 2 is 1.90 bits per heavy atom. The number of anilines is 2. The molecular formula is C34H52N4O2. The zero-order valence-corrected chi connectivity index (χ0v) is 25.6. The number of ether oxygens (including phenoxy) is 1. The minimum Gasteiger partial charge on any atom is -0.486 e. The van der Waals surface area contributed by atoms with Crippen molar-refractivity contribution in [2.75, 3.05) is 36.4 Å².